The van der Waals surface area contributed by atoms with Crippen molar-refractivity contribution in [3.63, 3.8) is 0 Å². The van der Waals surface area contributed by atoms with Gasteiger partial charge in [0.2, 0.25) is 11.8 Å². The highest BCUT2D eigenvalue weighted by molar-refractivity contribution is 5.77. The van der Waals surface area contributed by atoms with Gasteiger partial charge in [-0.2, -0.15) is 5.10 Å². The number of piperidine rings is 2. The molecule has 0 radical (unpaired) electrons. The van der Waals surface area contributed by atoms with Crippen molar-refractivity contribution in [2.24, 2.45) is 7.05 Å². The van der Waals surface area contributed by atoms with Crippen LogP contribution in [0.25, 0.3) is 0 Å². The van der Waals surface area contributed by atoms with Gasteiger partial charge in [0.05, 0.1) is 17.9 Å². The highest BCUT2D eigenvalue weighted by Crippen LogP contribution is 2.29. The zero-order valence-corrected chi connectivity index (χ0v) is 17.9. The molecule has 0 saturated carbocycles. The summed E-state index contributed by atoms with van der Waals surface area (Å²) in [6, 6.07) is 2.54. The summed E-state index contributed by atoms with van der Waals surface area (Å²) >= 11 is 0. The largest absolute Gasteiger partial charge is 0.343 e. The van der Waals surface area contributed by atoms with Gasteiger partial charge in [-0.3, -0.25) is 14.3 Å². The van der Waals surface area contributed by atoms with Crippen molar-refractivity contribution in [2.45, 2.75) is 64.0 Å². The molecule has 1 aromatic heterocycles. The van der Waals surface area contributed by atoms with Crippen molar-refractivity contribution in [3.8, 4) is 0 Å². The van der Waals surface area contributed by atoms with Crippen LogP contribution in [0.15, 0.2) is 6.07 Å². The number of amides is 2. The summed E-state index contributed by atoms with van der Waals surface area (Å²) in [6.07, 6.45) is 6.22. The van der Waals surface area contributed by atoms with Crippen molar-refractivity contribution < 1.29 is 9.59 Å². The molecule has 0 aromatic carbocycles. The SMILES string of the molecule is CC(=O)N(C)Cc1cc(C2CCN(C(=O)CC3CCCCN3C)CC2)nn1C. The molecule has 3 rings (SSSR count). The molecular formula is C21H35N5O2. The maximum Gasteiger partial charge on any atom is 0.224 e. The van der Waals surface area contributed by atoms with Gasteiger partial charge in [-0.1, -0.05) is 6.42 Å². The average Bonchev–Trinajstić information content (AvgIpc) is 3.04. The first-order valence-electron chi connectivity index (χ1n) is 10.6. The standard InChI is InChI=1S/C21H35N5O2/c1-16(27)24(3)15-19-13-20(22-25(19)4)17-8-11-26(12-9-17)21(28)14-18-7-5-6-10-23(18)2/h13,17-18H,5-12,14-15H2,1-4H3. The first kappa shape index (κ1) is 20.8. The molecule has 2 fully saturated rings. The van der Waals surface area contributed by atoms with Crippen LogP contribution in [0.5, 0.6) is 0 Å². The minimum atomic E-state index is 0.0539. The second-order valence-corrected chi connectivity index (χ2v) is 8.55. The number of likely N-dealkylation sites (tertiary alicyclic amines) is 2. The summed E-state index contributed by atoms with van der Waals surface area (Å²) in [7, 11) is 5.89. The molecule has 7 nitrogen and oxygen atoms in total. The number of aromatic nitrogens is 2. The van der Waals surface area contributed by atoms with Crippen molar-refractivity contribution in [3.05, 3.63) is 17.5 Å². The van der Waals surface area contributed by atoms with Gasteiger partial charge in [0, 0.05) is 52.5 Å². The molecule has 7 heteroatoms. The van der Waals surface area contributed by atoms with E-state index in [0.29, 0.717) is 30.8 Å². The lowest BCUT2D eigenvalue weighted by Gasteiger charge is -2.36. The van der Waals surface area contributed by atoms with E-state index >= 15 is 0 Å². The molecule has 28 heavy (non-hydrogen) atoms. The van der Waals surface area contributed by atoms with E-state index < -0.39 is 0 Å². The van der Waals surface area contributed by atoms with Crippen molar-refractivity contribution in [2.75, 3.05) is 33.7 Å². The van der Waals surface area contributed by atoms with Crippen molar-refractivity contribution in [1.29, 1.82) is 0 Å². The highest BCUT2D eigenvalue weighted by atomic mass is 16.2. The average molecular weight is 390 g/mol. The zero-order chi connectivity index (χ0) is 20.3. The van der Waals surface area contributed by atoms with Crippen LogP contribution in [-0.2, 0) is 23.2 Å². The van der Waals surface area contributed by atoms with Crippen LogP contribution in [0.1, 0.15) is 62.8 Å². The van der Waals surface area contributed by atoms with E-state index in [4.69, 9.17) is 0 Å². The normalized spacial score (nSPS) is 21.7. The van der Waals surface area contributed by atoms with Crippen LogP contribution in [-0.4, -0.2) is 76.1 Å². The van der Waals surface area contributed by atoms with Gasteiger partial charge in [-0.25, -0.2) is 0 Å². The van der Waals surface area contributed by atoms with Gasteiger partial charge in [0.25, 0.3) is 0 Å². The lowest BCUT2D eigenvalue weighted by molar-refractivity contribution is -0.133. The summed E-state index contributed by atoms with van der Waals surface area (Å²) < 4.78 is 1.88. The molecule has 3 heterocycles. The van der Waals surface area contributed by atoms with E-state index in [1.807, 2.05) is 23.7 Å². The van der Waals surface area contributed by atoms with Crippen LogP contribution < -0.4 is 0 Å². The van der Waals surface area contributed by atoms with Crippen LogP contribution in [0.3, 0.4) is 0 Å². The lowest BCUT2D eigenvalue weighted by atomic mass is 9.92. The molecule has 0 spiro atoms. The lowest BCUT2D eigenvalue weighted by Crippen LogP contribution is -2.43. The van der Waals surface area contributed by atoms with E-state index in [1.165, 1.54) is 12.8 Å². The predicted molar refractivity (Wildman–Crippen MR) is 109 cm³/mol. The van der Waals surface area contributed by atoms with Crippen LogP contribution >= 0.6 is 0 Å². The molecule has 1 unspecified atom stereocenters. The summed E-state index contributed by atoms with van der Waals surface area (Å²) in [5.41, 5.74) is 2.14. The summed E-state index contributed by atoms with van der Waals surface area (Å²) in [5.74, 6) is 0.754. The molecular weight excluding hydrogens is 354 g/mol. The number of carbonyl (C=O) groups is 2. The van der Waals surface area contributed by atoms with Gasteiger partial charge >= 0.3 is 0 Å². The Morgan fingerprint density at radius 3 is 2.50 bits per heavy atom. The number of nitrogens with zero attached hydrogens (tertiary/aromatic N) is 5. The Bertz CT molecular complexity index is 693. The van der Waals surface area contributed by atoms with Crippen LogP contribution in [0.4, 0.5) is 0 Å². The number of carbonyl (C=O) groups excluding carboxylic acids is 2. The number of hydrogen-bond donors (Lipinski definition) is 0. The molecule has 2 saturated heterocycles. The molecule has 0 aliphatic carbocycles. The van der Waals surface area contributed by atoms with Gasteiger partial charge in [-0.05, 0) is 45.3 Å². The maximum absolute atomic E-state index is 12.7. The monoisotopic (exact) mass is 389 g/mol. The summed E-state index contributed by atoms with van der Waals surface area (Å²) in [5, 5.41) is 4.69. The first-order valence-corrected chi connectivity index (χ1v) is 10.6. The predicted octanol–water partition coefficient (Wildman–Crippen LogP) is 1.98. The Kier molecular flexibility index (Phi) is 6.75. The first-order chi connectivity index (χ1) is 13.3. The van der Waals surface area contributed by atoms with E-state index in [1.54, 1.807) is 11.8 Å². The Morgan fingerprint density at radius 1 is 1.14 bits per heavy atom. The second-order valence-electron chi connectivity index (χ2n) is 8.55. The molecule has 0 bridgehead atoms. The summed E-state index contributed by atoms with van der Waals surface area (Å²) in [6.45, 7) is 4.90. The highest BCUT2D eigenvalue weighted by Gasteiger charge is 2.29. The van der Waals surface area contributed by atoms with Crippen LogP contribution in [0.2, 0.25) is 0 Å². The molecule has 1 aromatic rings. The Labute approximate surface area is 168 Å². The molecule has 2 amide bonds. The Morgan fingerprint density at radius 2 is 1.86 bits per heavy atom. The Hall–Kier alpha value is -1.89. The molecule has 0 N–H and O–H groups in total. The number of aryl methyl sites for hydroxylation is 1. The van der Waals surface area contributed by atoms with Crippen molar-refractivity contribution in [1.82, 2.24) is 24.5 Å². The maximum atomic E-state index is 12.7. The van der Waals surface area contributed by atoms with E-state index in [9.17, 15) is 9.59 Å². The minimum Gasteiger partial charge on any atom is -0.343 e. The topological polar surface area (TPSA) is 61.7 Å². The smallest absolute Gasteiger partial charge is 0.224 e. The van der Waals surface area contributed by atoms with Crippen LogP contribution in [0, 0.1) is 0 Å². The Balaban J connectivity index is 1.52. The number of rotatable bonds is 5. The minimum absolute atomic E-state index is 0.0539. The van der Waals surface area contributed by atoms with E-state index in [-0.39, 0.29) is 5.91 Å². The summed E-state index contributed by atoms with van der Waals surface area (Å²) in [4.78, 5) is 30.3. The number of hydrogen-bond acceptors (Lipinski definition) is 4. The van der Waals surface area contributed by atoms with E-state index in [0.717, 1.165) is 50.3 Å². The third-order valence-corrected chi connectivity index (χ3v) is 6.53. The molecule has 2 aliphatic rings. The fraction of sp³-hybridized carbons (Fsp3) is 0.762. The quantitative estimate of drug-likeness (QED) is 0.773. The van der Waals surface area contributed by atoms with Gasteiger partial charge < -0.3 is 14.7 Å². The zero-order valence-electron chi connectivity index (χ0n) is 17.9. The molecule has 2 aliphatic heterocycles. The third kappa shape index (κ3) is 4.93. The van der Waals surface area contributed by atoms with Gasteiger partial charge in [-0.15, -0.1) is 0 Å². The van der Waals surface area contributed by atoms with E-state index in [2.05, 4.69) is 23.1 Å². The molecule has 156 valence electrons. The molecule has 1 atom stereocenters. The fourth-order valence-electron chi connectivity index (χ4n) is 4.39. The van der Waals surface area contributed by atoms with Gasteiger partial charge in [0.1, 0.15) is 0 Å². The van der Waals surface area contributed by atoms with Gasteiger partial charge in [0.15, 0.2) is 0 Å². The third-order valence-electron chi connectivity index (χ3n) is 6.53. The van der Waals surface area contributed by atoms with Crippen molar-refractivity contribution >= 4 is 11.8 Å². The fourth-order valence-corrected chi connectivity index (χ4v) is 4.39. The second kappa shape index (κ2) is 9.07.